The van der Waals surface area contributed by atoms with Crippen LogP contribution in [0.2, 0.25) is 5.02 Å². The van der Waals surface area contributed by atoms with Crippen LogP contribution < -0.4 is 9.62 Å². The molecule has 0 saturated carbocycles. The molecule has 0 fully saturated rings. The molecular formula is C29H33ClIN3O4S. The molecule has 7 nitrogen and oxygen atoms in total. The van der Waals surface area contributed by atoms with Gasteiger partial charge in [0.25, 0.3) is 0 Å². The predicted molar refractivity (Wildman–Crippen MR) is 165 cm³/mol. The SMILES string of the molecule is CC[C@@H](C)NC(=O)[C@@H](Cc1ccccc1)N(Cc1ccccc1Cl)C(=O)CN(c1ccc(I)cc1)S(C)(=O)=O. The van der Waals surface area contributed by atoms with Crippen molar-refractivity contribution >= 4 is 61.7 Å². The summed E-state index contributed by atoms with van der Waals surface area (Å²) in [5, 5.41) is 3.46. The quantitative estimate of drug-likeness (QED) is 0.264. The second-order valence-corrected chi connectivity index (χ2v) is 12.9. The number of amides is 2. The van der Waals surface area contributed by atoms with Crippen molar-refractivity contribution in [3.8, 4) is 0 Å². The summed E-state index contributed by atoms with van der Waals surface area (Å²) in [6, 6.07) is 22.4. The minimum Gasteiger partial charge on any atom is -0.352 e. The average molecular weight is 682 g/mol. The van der Waals surface area contributed by atoms with E-state index in [1.807, 2.05) is 50.2 Å². The first-order valence-corrected chi connectivity index (χ1v) is 15.9. The molecule has 0 radical (unpaired) electrons. The van der Waals surface area contributed by atoms with Crippen molar-refractivity contribution in [3.05, 3.63) is 98.6 Å². The van der Waals surface area contributed by atoms with E-state index in [1.165, 1.54) is 4.90 Å². The maximum atomic E-state index is 14.0. The van der Waals surface area contributed by atoms with Gasteiger partial charge in [-0.15, -0.1) is 0 Å². The van der Waals surface area contributed by atoms with Gasteiger partial charge < -0.3 is 10.2 Å². The Balaban J connectivity index is 2.06. The molecule has 2 atom stereocenters. The summed E-state index contributed by atoms with van der Waals surface area (Å²) in [5.74, 6) is -0.826. The molecule has 0 aromatic heterocycles. The van der Waals surface area contributed by atoms with Crippen LogP contribution in [0.15, 0.2) is 78.9 Å². The van der Waals surface area contributed by atoms with Crippen molar-refractivity contribution < 1.29 is 18.0 Å². The lowest BCUT2D eigenvalue weighted by molar-refractivity contribution is -0.140. The predicted octanol–water partition coefficient (Wildman–Crippen LogP) is 5.27. The highest BCUT2D eigenvalue weighted by atomic mass is 127. The van der Waals surface area contributed by atoms with E-state index in [1.54, 1.807) is 42.5 Å². The molecule has 2 amide bonds. The third-order valence-corrected chi connectivity index (χ3v) is 8.59. The van der Waals surface area contributed by atoms with Crippen LogP contribution in [-0.4, -0.2) is 50.0 Å². The molecule has 0 spiro atoms. The first-order valence-electron chi connectivity index (χ1n) is 12.6. The summed E-state index contributed by atoms with van der Waals surface area (Å²) >= 11 is 8.60. The van der Waals surface area contributed by atoms with Gasteiger partial charge in [-0.2, -0.15) is 0 Å². The minimum atomic E-state index is -3.81. The standard InChI is InChI=1S/C29H33ClIN3O4S/c1-4-21(2)32-29(36)27(18-22-10-6-5-7-11-22)33(19-23-12-8-9-13-26(23)30)28(35)20-34(39(3,37)38)25-16-14-24(31)15-17-25/h5-17,21,27H,4,18-20H2,1-3H3,(H,32,36)/t21-,27-/m1/s1. The molecule has 10 heteroatoms. The molecule has 3 aromatic carbocycles. The lowest BCUT2D eigenvalue weighted by Gasteiger charge is -2.34. The summed E-state index contributed by atoms with van der Waals surface area (Å²) in [7, 11) is -3.81. The topological polar surface area (TPSA) is 86.8 Å². The number of hydrogen-bond acceptors (Lipinski definition) is 4. The number of carbonyl (C=O) groups is 2. The number of benzene rings is 3. The molecule has 208 valence electrons. The van der Waals surface area contributed by atoms with Crippen molar-refractivity contribution in [2.24, 2.45) is 0 Å². The zero-order chi connectivity index (χ0) is 28.6. The highest BCUT2D eigenvalue weighted by Gasteiger charge is 2.33. The van der Waals surface area contributed by atoms with Crippen molar-refractivity contribution in [1.29, 1.82) is 0 Å². The average Bonchev–Trinajstić information content (AvgIpc) is 2.90. The van der Waals surface area contributed by atoms with E-state index in [0.717, 1.165) is 26.1 Å². The summed E-state index contributed by atoms with van der Waals surface area (Å²) in [5.41, 5.74) is 1.89. The van der Waals surface area contributed by atoms with Crippen LogP contribution in [0.4, 0.5) is 5.69 Å². The Kier molecular flexibility index (Phi) is 11.2. The second kappa shape index (κ2) is 14.1. The molecular weight excluding hydrogens is 649 g/mol. The van der Waals surface area contributed by atoms with Crippen LogP contribution in [0.5, 0.6) is 0 Å². The zero-order valence-corrected chi connectivity index (χ0v) is 25.9. The molecule has 3 rings (SSSR count). The van der Waals surface area contributed by atoms with Gasteiger partial charge in [-0.25, -0.2) is 8.42 Å². The second-order valence-electron chi connectivity index (χ2n) is 9.38. The van der Waals surface area contributed by atoms with Crippen LogP contribution in [-0.2, 0) is 32.6 Å². The number of hydrogen-bond donors (Lipinski definition) is 1. The lowest BCUT2D eigenvalue weighted by atomic mass is 10.0. The van der Waals surface area contributed by atoms with Gasteiger partial charge in [0.2, 0.25) is 21.8 Å². The maximum absolute atomic E-state index is 14.0. The zero-order valence-electron chi connectivity index (χ0n) is 22.2. The maximum Gasteiger partial charge on any atom is 0.244 e. The fraction of sp³-hybridized carbons (Fsp3) is 0.310. The highest BCUT2D eigenvalue weighted by Crippen LogP contribution is 2.23. The van der Waals surface area contributed by atoms with Crippen molar-refractivity contribution in [2.45, 2.75) is 45.3 Å². The van der Waals surface area contributed by atoms with Crippen LogP contribution in [0.1, 0.15) is 31.4 Å². The van der Waals surface area contributed by atoms with Gasteiger partial charge >= 0.3 is 0 Å². The van der Waals surface area contributed by atoms with Gasteiger partial charge in [-0.3, -0.25) is 13.9 Å². The van der Waals surface area contributed by atoms with Gasteiger partial charge in [0.15, 0.2) is 0 Å². The summed E-state index contributed by atoms with van der Waals surface area (Å²) < 4.78 is 27.6. The largest absolute Gasteiger partial charge is 0.352 e. The fourth-order valence-electron chi connectivity index (χ4n) is 4.03. The van der Waals surface area contributed by atoms with Crippen LogP contribution in [0, 0.1) is 3.57 Å². The molecule has 39 heavy (non-hydrogen) atoms. The Bertz CT molecular complexity index is 1370. The number of rotatable bonds is 12. The summed E-state index contributed by atoms with van der Waals surface area (Å²) in [4.78, 5) is 29.1. The first kappa shape index (κ1) is 30.9. The molecule has 0 unspecified atom stereocenters. The summed E-state index contributed by atoms with van der Waals surface area (Å²) in [6.07, 6.45) is 2.03. The Morgan fingerprint density at radius 1 is 0.974 bits per heavy atom. The van der Waals surface area contributed by atoms with Gasteiger partial charge in [-0.05, 0) is 77.4 Å². The number of sulfonamides is 1. The Morgan fingerprint density at radius 2 is 1.59 bits per heavy atom. The highest BCUT2D eigenvalue weighted by molar-refractivity contribution is 14.1. The lowest BCUT2D eigenvalue weighted by Crippen LogP contribution is -2.54. The van der Waals surface area contributed by atoms with E-state index in [-0.39, 0.29) is 24.9 Å². The van der Waals surface area contributed by atoms with E-state index < -0.39 is 28.5 Å². The van der Waals surface area contributed by atoms with E-state index in [2.05, 4.69) is 27.9 Å². The van der Waals surface area contributed by atoms with Gasteiger partial charge in [0.05, 0.1) is 11.9 Å². The van der Waals surface area contributed by atoms with Crippen LogP contribution in [0.25, 0.3) is 0 Å². The van der Waals surface area contributed by atoms with Crippen molar-refractivity contribution in [1.82, 2.24) is 10.2 Å². The van der Waals surface area contributed by atoms with E-state index in [0.29, 0.717) is 16.3 Å². The summed E-state index contributed by atoms with van der Waals surface area (Å²) in [6.45, 7) is 3.44. The first-order chi connectivity index (χ1) is 18.5. The normalized spacial score (nSPS) is 12.8. The molecule has 0 heterocycles. The Hall–Kier alpha value is -2.63. The van der Waals surface area contributed by atoms with E-state index in [9.17, 15) is 18.0 Å². The molecule has 1 N–H and O–H groups in total. The number of nitrogens with zero attached hydrogens (tertiary/aromatic N) is 2. The molecule has 0 aliphatic rings. The minimum absolute atomic E-state index is 0.0359. The third-order valence-electron chi connectivity index (χ3n) is 6.36. The Labute approximate surface area is 249 Å². The third kappa shape index (κ3) is 8.94. The van der Waals surface area contributed by atoms with Crippen LogP contribution >= 0.6 is 34.2 Å². The smallest absolute Gasteiger partial charge is 0.244 e. The van der Waals surface area contributed by atoms with Gasteiger partial charge in [-0.1, -0.05) is 67.1 Å². The van der Waals surface area contributed by atoms with Crippen LogP contribution in [0.3, 0.4) is 0 Å². The van der Waals surface area contributed by atoms with Crippen molar-refractivity contribution in [3.63, 3.8) is 0 Å². The number of nitrogens with one attached hydrogen (secondary N) is 1. The fourth-order valence-corrected chi connectivity index (χ4v) is 5.43. The monoisotopic (exact) mass is 681 g/mol. The van der Waals surface area contributed by atoms with Crippen molar-refractivity contribution in [2.75, 3.05) is 17.1 Å². The number of carbonyl (C=O) groups excluding carboxylic acids is 2. The Morgan fingerprint density at radius 3 is 2.18 bits per heavy atom. The van der Waals surface area contributed by atoms with Gasteiger partial charge in [0, 0.05) is 27.6 Å². The number of anilines is 1. The van der Waals surface area contributed by atoms with Gasteiger partial charge in [0.1, 0.15) is 12.6 Å². The molecule has 0 aliphatic heterocycles. The number of halogens is 2. The molecule has 0 aliphatic carbocycles. The molecule has 0 saturated heterocycles. The molecule has 0 bridgehead atoms. The van der Waals surface area contributed by atoms with E-state index >= 15 is 0 Å². The molecule has 3 aromatic rings. The van der Waals surface area contributed by atoms with E-state index in [4.69, 9.17) is 11.6 Å².